The second kappa shape index (κ2) is 8.06. The Hall–Kier alpha value is -3.48. The molecule has 1 amide bonds. The minimum Gasteiger partial charge on any atom is -0.454 e. The third-order valence-corrected chi connectivity index (χ3v) is 3.63. The van der Waals surface area contributed by atoms with Crippen LogP contribution in [0.1, 0.15) is 21.8 Å². The van der Waals surface area contributed by atoms with Gasteiger partial charge in [-0.1, -0.05) is 36.4 Å². The van der Waals surface area contributed by atoms with Crippen molar-refractivity contribution in [2.24, 2.45) is 0 Å². The third kappa shape index (κ3) is 4.32. The number of nitrogens with one attached hydrogen (secondary N) is 1. The number of nitrogens with zero attached hydrogens (tertiary/aromatic N) is 2. The van der Waals surface area contributed by atoms with E-state index in [1.54, 1.807) is 12.1 Å². The maximum Gasteiger partial charge on any atom is 0.325 e. The van der Waals surface area contributed by atoms with Gasteiger partial charge >= 0.3 is 5.97 Å². The van der Waals surface area contributed by atoms with Gasteiger partial charge < -0.3 is 14.5 Å². The fraction of sp³-hybridized carbons (Fsp3) is 0.158. The lowest BCUT2D eigenvalue weighted by Crippen LogP contribution is -2.31. The van der Waals surface area contributed by atoms with Gasteiger partial charge in [0.05, 0.1) is 0 Å². The molecule has 1 heterocycles. The van der Waals surface area contributed by atoms with Crippen LogP contribution in [0.2, 0.25) is 0 Å². The summed E-state index contributed by atoms with van der Waals surface area (Å²) >= 11 is 0. The van der Waals surface area contributed by atoms with Crippen LogP contribution in [0.3, 0.4) is 0 Å². The summed E-state index contributed by atoms with van der Waals surface area (Å²) in [5.74, 6) is -0.387. The highest BCUT2D eigenvalue weighted by Gasteiger charge is 2.13. The molecule has 0 fully saturated rings. The standard InChI is InChI=1S/C19H17N3O4/c1-13-7-5-6-10-15(13)18(24)20-11-17(23)25-12-16-21-22-19(26-16)14-8-3-2-4-9-14/h2-10H,11-12H2,1H3,(H,20,24). The van der Waals surface area contributed by atoms with Gasteiger partial charge in [-0.25, -0.2) is 0 Å². The van der Waals surface area contributed by atoms with Crippen molar-refractivity contribution < 1.29 is 18.7 Å². The molecule has 0 unspecified atom stereocenters. The van der Waals surface area contributed by atoms with Crippen LogP contribution in [-0.4, -0.2) is 28.6 Å². The zero-order valence-corrected chi connectivity index (χ0v) is 14.1. The average Bonchev–Trinajstić information content (AvgIpc) is 3.14. The molecule has 0 aliphatic rings. The third-order valence-electron chi connectivity index (χ3n) is 3.63. The van der Waals surface area contributed by atoms with Crippen molar-refractivity contribution >= 4 is 11.9 Å². The summed E-state index contributed by atoms with van der Waals surface area (Å²) in [6, 6.07) is 16.4. The van der Waals surface area contributed by atoms with E-state index in [4.69, 9.17) is 9.15 Å². The van der Waals surface area contributed by atoms with Crippen molar-refractivity contribution in [1.29, 1.82) is 0 Å². The lowest BCUT2D eigenvalue weighted by Gasteiger charge is -2.07. The number of benzene rings is 2. The first-order valence-electron chi connectivity index (χ1n) is 8.01. The molecule has 0 bridgehead atoms. The van der Waals surface area contributed by atoms with E-state index in [1.165, 1.54) is 0 Å². The SMILES string of the molecule is Cc1ccccc1C(=O)NCC(=O)OCc1nnc(-c2ccccc2)o1. The van der Waals surface area contributed by atoms with Crippen LogP contribution < -0.4 is 5.32 Å². The monoisotopic (exact) mass is 351 g/mol. The van der Waals surface area contributed by atoms with Crippen LogP contribution in [0, 0.1) is 6.92 Å². The number of hydrogen-bond acceptors (Lipinski definition) is 6. The highest BCUT2D eigenvalue weighted by Crippen LogP contribution is 2.17. The highest BCUT2D eigenvalue weighted by molar-refractivity contribution is 5.97. The molecule has 0 atom stereocenters. The summed E-state index contributed by atoms with van der Waals surface area (Å²) < 4.78 is 10.5. The maximum atomic E-state index is 12.0. The van der Waals surface area contributed by atoms with Crippen molar-refractivity contribution in [2.45, 2.75) is 13.5 Å². The molecule has 0 spiro atoms. The average molecular weight is 351 g/mol. The fourth-order valence-electron chi connectivity index (χ4n) is 2.28. The molecule has 132 valence electrons. The number of amides is 1. The van der Waals surface area contributed by atoms with E-state index in [9.17, 15) is 9.59 Å². The summed E-state index contributed by atoms with van der Waals surface area (Å²) in [5, 5.41) is 10.3. The first-order valence-corrected chi connectivity index (χ1v) is 8.01. The number of hydrogen-bond donors (Lipinski definition) is 1. The van der Waals surface area contributed by atoms with E-state index < -0.39 is 5.97 Å². The molecular weight excluding hydrogens is 334 g/mol. The van der Waals surface area contributed by atoms with Crippen LogP contribution >= 0.6 is 0 Å². The quantitative estimate of drug-likeness (QED) is 0.686. The molecule has 0 aliphatic heterocycles. The predicted octanol–water partition coefficient (Wildman–Crippen LogP) is 2.52. The smallest absolute Gasteiger partial charge is 0.325 e. The second-order valence-electron chi connectivity index (χ2n) is 5.53. The molecule has 1 aromatic heterocycles. The summed E-state index contributed by atoms with van der Waals surface area (Å²) in [4.78, 5) is 23.8. The van der Waals surface area contributed by atoms with Crippen molar-refractivity contribution in [1.82, 2.24) is 15.5 Å². The topological polar surface area (TPSA) is 94.3 Å². The van der Waals surface area contributed by atoms with Gasteiger partial charge in [-0.2, -0.15) is 0 Å². The van der Waals surface area contributed by atoms with Crippen molar-refractivity contribution in [3.05, 3.63) is 71.6 Å². The van der Waals surface area contributed by atoms with Gasteiger partial charge in [-0.15, -0.1) is 10.2 Å². The van der Waals surface area contributed by atoms with Crippen molar-refractivity contribution in [2.75, 3.05) is 6.54 Å². The number of aromatic nitrogens is 2. The van der Waals surface area contributed by atoms with Crippen molar-refractivity contribution in [3.8, 4) is 11.5 Å². The molecule has 7 nitrogen and oxygen atoms in total. The Labute approximate surface area is 150 Å². The highest BCUT2D eigenvalue weighted by atomic mass is 16.5. The first-order chi connectivity index (χ1) is 12.6. The van der Waals surface area contributed by atoms with E-state index in [2.05, 4.69) is 15.5 Å². The number of aryl methyl sites for hydroxylation is 1. The van der Waals surface area contributed by atoms with E-state index in [0.717, 1.165) is 11.1 Å². The Morgan fingerprint density at radius 2 is 1.77 bits per heavy atom. The molecule has 7 heteroatoms. The van der Waals surface area contributed by atoms with E-state index in [-0.39, 0.29) is 24.9 Å². The van der Waals surface area contributed by atoms with Crippen LogP contribution in [0.25, 0.3) is 11.5 Å². The van der Waals surface area contributed by atoms with Gasteiger partial charge in [0.25, 0.3) is 11.8 Å². The molecule has 2 aromatic carbocycles. The minimum atomic E-state index is -0.591. The number of ether oxygens (including phenoxy) is 1. The molecule has 0 saturated carbocycles. The largest absolute Gasteiger partial charge is 0.454 e. The Balaban J connectivity index is 1.48. The lowest BCUT2D eigenvalue weighted by molar-refractivity contribution is -0.144. The van der Waals surface area contributed by atoms with Crippen LogP contribution in [-0.2, 0) is 16.1 Å². The molecule has 1 N–H and O–H groups in total. The van der Waals surface area contributed by atoms with Gasteiger partial charge in [-0.3, -0.25) is 9.59 Å². The zero-order valence-electron chi connectivity index (χ0n) is 14.1. The normalized spacial score (nSPS) is 10.3. The maximum absolute atomic E-state index is 12.0. The Kier molecular flexibility index (Phi) is 5.38. The molecular formula is C19H17N3O4. The zero-order chi connectivity index (χ0) is 18.4. The minimum absolute atomic E-state index is 0.154. The number of rotatable bonds is 6. The number of carbonyl (C=O) groups excluding carboxylic acids is 2. The van der Waals surface area contributed by atoms with Crippen molar-refractivity contribution in [3.63, 3.8) is 0 Å². The fourth-order valence-corrected chi connectivity index (χ4v) is 2.28. The number of esters is 1. The van der Waals surface area contributed by atoms with E-state index >= 15 is 0 Å². The molecule has 3 rings (SSSR count). The summed E-state index contributed by atoms with van der Waals surface area (Å²) in [6.07, 6.45) is 0. The summed E-state index contributed by atoms with van der Waals surface area (Å²) in [7, 11) is 0. The molecule has 3 aromatic rings. The Morgan fingerprint density at radius 1 is 1.04 bits per heavy atom. The lowest BCUT2D eigenvalue weighted by atomic mass is 10.1. The second-order valence-corrected chi connectivity index (χ2v) is 5.53. The first kappa shape index (κ1) is 17.3. The van der Waals surface area contributed by atoms with Gasteiger partial charge in [0, 0.05) is 11.1 Å². The van der Waals surface area contributed by atoms with Gasteiger partial charge in [0.1, 0.15) is 6.54 Å². The molecule has 0 radical (unpaired) electrons. The Morgan fingerprint density at radius 3 is 2.54 bits per heavy atom. The molecule has 0 aliphatic carbocycles. The Bertz CT molecular complexity index is 906. The summed E-state index contributed by atoms with van der Waals surface area (Å²) in [5.41, 5.74) is 2.13. The van der Waals surface area contributed by atoms with Gasteiger partial charge in [0.15, 0.2) is 6.61 Å². The van der Waals surface area contributed by atoms with Crippen LogP contribution in [0.15, 0.2) is 59.0 Å². The van der Waals surface area contributed by atoms with Gasteiger partial charge in [-0.05, 0) is 30.7 Å². The van der Waals surface area contributed by atoms with E-state index in [0.29, 0.717) is 11.5 Å². The van der Waals surface area contributed by atoms with E-state index in [1.807, 2.05) is 49.4 Å². The summed E-state index contributed by atoms with van der Waals surface area (Å²) in [6.45, 7) is 1.43. The van der Waals surface area contributed by atoms with Gasteiger partial charge in [0.2, 0.25) is 5.89 Å². The molecule has 26 heavy (non-hydrogen) atoms. The predicted molar refractivity (Wildman–Crippen MR) is 93.0 cm³/mol. The van der Waals surface area contributed by atoms with Crippen LogP contribution in [0.4, 0.5) is 0 Å². The van der Waals surface area contributed by atoms with Crippen LogP contribution in [0.5, 0.6) is 0 Å². The molecule has 0 saturated heterocycles. The number of carbonyl (C=O) groups is 2.